The number of aliphatic hydroxyl groups is 1. The summed E-state index contributed by atoms with van der Waals surface area (Å²) in [6, 6.07) is 6.08. The molecule has 1 heterocycles. The Labute approximate surface area is 189 Å². The van der Waals surface area contributed by atoms with Gasteiger partial charge in [0.05, 0.1) is 7.11 Å². The van der Waals surface area contributed by atoms with Crippen LogP contribution in [0.2, 0.25) is 0 Å². The fraction of sp³-hybridized carbons (Fsp3) is 0.750. The van der Waals surface area contributed by atoms with Crippen LogP contribution in [0.15, 0.2) is 18.2 Å². The van der Waals surface area contributed by atoms with Gasteiger partial charge in [0.15, 0.2) is 11.5 Å². The van der Waals surface area contributed by atoms with Crippen molar-refractivity contribution in [1.29, 1.82) is 0 Å². The van der Waals surface area contributed by atoms with Gasteiger partial charge in [-0.05, 0) is 44.4 Å². The van der Waals surface area contributed by atoms with E-state index >= 15 is 0 Å². The highest BCUT2D eigenvalue weighted by atomic mass is 16.5. The number of ether oxygens (including phenoxy) is 2. The molecule has 0 aromatic heterocycles. The van der Waals surface area contributed by atoms with Crippen molar-refractivity contribution in [3.63, 3.8) is 0 Å². The van der Waals surface area contributed by atoms with E-state index in [0.29, 0.717) is 12.3 Å². The maximum atomic E-state index is 10.4. The molecule has 1 atom stereocenters. The predicted molar refractivity (Wildman–Crippen MR) is 127 cm³/mol. The fourth-order valence-corrected chi connectivity index (χ4v) is 4.00. The fourth-order valence-electron chi connectivity index (χ4n) is 4.00. The minimum absolute atomic E-state index is 0.271. The number of aliphatic hydroxyl groups excluding tert-OH is 1. The predicted octanol–water partition coefficient (Wildman–Crippen LogP) is 1.85. The Morgan fingerprint density at radius 1 is 1.00 bits per heavy atom. The van der Waals surface area contributed by atoms with E-state index in [1.165, 1.54) is 5.56 Å². The first-order chi connectivity index (χ1) is 15.0. The van der Waals surface area contributed by atoms with Gasteiger partial charge in [0, 0.05) is 52.4 Å². The Morgan fingerprint density at radius 2 is 1.68 bits per heavy atom. The minimum Gasteiger partial charge on any atom is -0.493 e. The Morgan fingerprint density at radius 3 is 2.29 bits per heavy atom. The van der Waals surface area contributed by atoms with Gasteiger partial charge >= 0.3 is 0 Å². The van der Waals surface area contributed by atoms with Gasteiger partial charge < -0.3 is 29.3 Å². The van der Waals surface area contributed by atoms with Crippen molar-refractivity contribution < 1.29 is 14.6 Å². The molecule has 1 aliphatic heterocycles. The standard InChI is InChI=1S/C24H44N4O3/c1-6-26(7-2)12-11-25(4)18-21-9-10-23(24(17-21)30-5)31-20-22(29)19-28-15-13-27(8-3)14-16-28/h9-10,17,22,29H,6-8,11-16,18-20H2,1-5H3/t22-/m1/s1. The molecule has 7 heteroatoms. The highest BCUT2D eigenvalue weighted by Crippen LogP contribution is 2.28. The molecule has 1 aromatic carbocycles. The molecule has 1 fully saturated rings. The highest BCUT2D eigenvalue weighted by Gasteiger charge is 2.19. The first-order valence-corrected chi connectivity index (χ1v) is 11.8. The van der Waals surface area contributed by atoms with Gasteiger partial charge in [-0.25, -0.2) is 0 Å². The van der Waals surface area contributed by atoms with Crippen LogP contribution in [0.4, 0.5) is 0 Å². The summed E-state index contributed by atoms with van der Waals surface area (Å²) in [6.07, 6.45) is -0.510. The lowest BCUT2D eigenvalue weighted by Crippen LogP contribution is -2.49. The summed E-state index contributed by atoms with van der Waals surface area (Å²) in [5, 5.41) is 10.4. The van der Waals surface area contributed by atoms with Crippen LogP contribution >= 0.6 is 0 Å². The maximum absolute atomic E-state index is 10.4. The first kappa shape index (κ1) is 25.9. The van der Waals surface area contributed by atoms with E-state index in [2.05, 4.69) is 53.5 Å². The molecular weight excluding hydrogens is 392 g/mol. The average Bonchev–Trinajstić information content (AvgIpc) is 2.79. The molecule has 0 amide bonds. The number of benzene rings is 1. The third-order valence-electron chi connectivity index (χ3n) is 6.19. The second kappa shape index (κ2) is 13.9. The van der Waals surface area contributed by atoms with Crippen molar-refractivity contribution >= 4 is 0 Å². The number of β-amino-alcohol motifs (C(OH)–C–C–N with tert-alkyl or cyclic N) is 1. The Bertz CT molecular complexity index is 619. The van der Waals surface area contributed by atoms with Crippen LogP contribution in [0.25, 0.3) is 0 Å². The van der Waals surface area contributed by atoms with Crippen LogP contribution in [-0.2, 0) is 6.54 Å². The van der Waals surface area contributed by atoms with Crippen LogP contribution in [0.3, 0.4) is 0 Å². The monoisotopic (exact) mass is 436 g/mol. The van der Waals surface area contributed by atoms with E-state index < -0.39 is 6.10 Å². The Balaban J connectivity index is 1.80. The molecule has 1 aliphatic rings. The number of piperazine rings is 1. The Hall–Kier alpha value is -1.38. The molecular formula is C24H44N4O3. The second-order valence-electron chi connectivity index (χ2n) is 8.45. The molecule has 0 radical (unpaired) electrons. The van der Waals surface area contributed by atoms with Gasteiger partial charge in [0.25, 0.3) is 0 Å². The summed E-state index contributed by atoms with van der Waals surface area (Å²) < 4.78 is 11.5. The summed E-state index contributed by atoms with van der Waals surface area (Å²) in [5.41, 5.74) is 1.19. The molecule has 0 saturated carbocycles. The third-order valence-corrected chi connectivity index (χ3v) is 6.19. The van der Waals surface area contributed by atoms with Crippen LogP contribution < -0.4 is 9.47 Å². The number of likely N-dealkylation sites (N-methyl/N-ethyl adjacent to an activating group) is 3. The second-order valence-corrected chi connectivity index (χ2v) is 8.45. The maximum Gasteiger partial charge on any atom is 0.161 e. The number of hydrogen-bond acceptors (Lipinski definition) is 7. The number of hydrogen-bond donors (Lipinski definition) is 1. The summed E-state index contributed by atoms with van der Waals surface area (Å²) in [4.78, 5) is 9.51. The van der Waals surface area contributed by atoms with E-state index in [1.54, 1.807) is 7.11 Å². The molecule has 1 aromatic rings. The van der Waals surface area contributed by atoms with Crippen LogP contribution in [0.1, 0.15) is 26.3 Å². The number of nitrogens with zero attached hydrogens (tertiary/aromatic N) is 4. The molecule has 2 rings (SSSR count). The van der Waals surface area contributed by atoms with Gasteiger partial charge in [-0.3, -0.25) is 4.90 Å². The molecule has 0 aliphatic carbocycles. The molecule has 0 spiro atoms. The van der Waals surface area contributed by atoms with Gasteiger partial charge in [-0.2, -0.15) is 0 Å². The molecule has 1 N–H and O–H groups in total. The van der Waals surface area contributed by atoms with Crippen LogP contribution in [-0.4, -0.2) is 117 Å². The van der Waals surface area contributed by atoms with Crippen molar-refractivity contribution in [3.8, 4) is 11.5 Å². The van der Waals surface area contributed by atoms with Gasteiger partial charge in [-0.15, -0.1) is 0 Å². The van der Waals surface area contributed by atoms with Crippen molar-refractivity contribution in [2.45, 2.75) is 33.4 Å². The van der Waals surface area contributed by atoms with E-state index in [0.717, 1.165) is 71.2 Å². The third kappa shape index (κ3) is 8.94. The normalized spacial score (nSPS) is 16.8. The Kier molecular flexibility index (Phi) is 11.6. The molecule has 1 saturated heterocycles. The summed E-state index contributed by atoms with van der Waals surface area (Å²) in [7, 11) is 3.82. The van der Waals surface area contributed by atoms with Gasteiger partial charge in [0.1, 0.15) is 12.7 Å². The SMILES string of the molecule is CCN(CC)CCN(C)Cc1ccc(OC[C@H](O)CN2CCN(CC)CC2)c(OC)c1. The zero-order valence-corrected chi connectivity index (χ0v) is 20.3. The summed E-state index contributed by atoms with van der Waals surface area (Å²) >= 11 is 0. The molecule has 31 heavy (non-hydrogen) atoms. The lowest BCUT2D eigenvalue weighted by Gasteiger charge is -2.34. The first-order valence-electron chi connectivity index (χ1n) is 11.8. The van der Waals surface area contributed by atoms with Crippen LogP contribution in [0.5, 0.6) is 11.5 Å². The molecule has 178 valence electrons. The zero-order valence-electron chi connectivity index (χ0n) is 20.3. The van der Waals surface area contributed by atoms with Gasteiger partial charge in [-0.1, -0.05) is 26.8 Å². The average molecular weight is 437 g/mol. The van der Waals surface area contributed by atoms with Crippen LogP contribution in [0, 0.1) is 0 Å². The molecule has 0 bridgehead atoms. The van der Waals surface area contributed by atoms with E-state index in [1.807, 2.05) is 12.1 Å². The van der Waals surface area contributed by atoms with Crippen molar-refractivity contribution in [1.82, 2.24) is 19.6 Å². The zero-order chi connectivity index (χ0) is 22.6. The van der Waals surface area contributed by atoms with E-state index in [4.69, 9.17) is 9.47 Å². The molecule has 0 unspecified atom stereocenters. The topological polar surface area (TPSA) is 51.7 Å². The largest absolute Gasteiger partial charge is 0.493 e. The quantitative estimate of drug-likeness (QED) is 0.478. The molecule has 7 nitrogen and oxygen atoms in total. The van der Waals surface area contributed by atoms with Crippen molar-refractivity contribution in [3.05, 3.63) is 23.8 Å². The summed E-state index contributed by atoms with van der Waals surface area (Å²) in [5.74, 6) is 1.41. The van der Waals surface area contributed by atoms with Crippen molar-refractivity contribution in [2.24, 2.45) is 0 Å². The number of methoxy groups -OCH3 is 1. The lowest BCUT2D eigenvalue weighted by atomic mass is 10.2. The summed E-state index contributed by atoms with van der Waals surface area (Å²) in [6.45, 7) is 17.9. The van der Waals surface area contributed by atoms with Crippen molar-refractivity contribution in [2.75, 3.05) is 86.2 Å². The van der Waals surface area contributed by atoms with E-state index in [-0.39, 0.29) is 6.61 Å². The van der Waals surface area contributed by atoms with Gasteiger partial charge in [0.2, 0.25) is 0 Å². The lowest BCUT2D eigenvalue weighted by molar-refractivity contribution is 0.0464. The minimum atomic E-state index is -0.510. The number of rotatable bonds is 14. The smallest absolute Gasteiger partial charge is 0.161 e. The highest BCUT2D eigenvalue weighted by molar-refractivity contribution is 5.43. The van der Waals surface area contributed by atoms with E-state index in [9.17, 15) is 5.11 Å².